The Bertz CT molecular complexity index is 439. The molecule has 0 aromatic carbocycles. The van der Waals surface area contributed by atoms with Crippen LogP contribution in [-0.4, -0.2) is 12.4 Å². The second-order valence-electron chi connectivity index (χ2n) is 6.64. The first-order valence-corrected chi connectivity index (χ1v) is 9.30. The summed E-state index contributed by atoms with van der Waals surface area (Å²) in [6, 6.07) is 0. The van der Waals surface area contributed by atoms with Gasteiger partial charge >= 0.3 is 0 Å². The van der Waals surface area contributed by atoms with Gasteiger partial charge in [0.2, 0.25) is 0 Å². The number of hydrogen-bond donors (Lipinski definition) is 5. The average molecular weight is 319 g/mol. The molecule has 0 radical (unpaired) electrons. The maximum atomic E-state index is 7.97. The monoisotopic (exact) mass is 319 g/mol. The Balaban J connectivity index is 2.24. The van der Waals surface area contributed by atoms with Crippen LogP contribution < -0.4 is 22.1 Å². The molecular formula is C18H33N5. The van der Waals surface area contributed by atoms with Crippen molar-refractivity contribution >= 4 is 5.84 Å². The average Bonchev–Trinajstić information content (AvgIpc) is 2.56. The van der Waals surface area contributed by atoms with Crippen LogP contribution in [0.15, 0.2) is 22.9 Å². The lowest BCUT2D eigenvalue weighted by molar-refractivity contribution is 0.455. The topological polar surface area (TPSA) is 86.0 Å². The molecule has 0 atom stereocenters. The highest BCUT2D eigenvalue weighted by atomic mass is 15.6. The summed E-state index contributed by atoms with van der Waals surface area (Å²) in [5.74, 6) is 0.118. The first kappa shape index (κ1) is 18.0. The van der Waals surface area contributed by atoms with E-state index < -0.39 is 0 Å². The number of hydrazine groups is 2. The summed E-state index contributed by atoms with van der Waals surface area (Å²) >= 11 is 0. The van der Waals surface area contributed by atoms with Crippen LogP contribution in [0.25, 0.3) is 0 Å². The number of hydrogen-bond acceptors (Lipinski definition) is 4. The Morgan fingerprint density at radius 3 is 2.43 bits per heavy atom. The van der Waals surface area contributed by atoms with E-state index in [0.717, 1.165) is 44.3 Å². The van der Waals surface area contributed by atoms with E-state index in [-0.39, 0.29) is 5.84 Å². The Labute approximate surface area is 140 Å². The summed E-state index contributed by atoms with van der Waals surface area (Å²) < 4.78 is 0. The summed E-state index contributed by atoms with van der Waals surface area (Å²) in [5.41, 5.74) is 18.5. The fourth-order valence-corrected chi connectivity index (χ4v) is 3.43. The molecule has 1 aliphatic heterocycles. The fourth-order valence-electron chi connectivity index (χ4n) is 3.43. The molecule has 5 nitrogen and oxygen atoms in total. The second kappa shape index (κ2) is 10.4. The Kier molecular flexibility index (Phi) is 8.18. The van der Waals surface area contributed by atoms with Crippen LogP contribution in [-0.2, 0) is 0 Å². The SMILES string of the molecule is N=C(N)/C1=C(\C2=C\CCCCCCCC2)CCCCCNNN1. The van der Waals surface area contributed by atoms with Gasteiger partial charge in [-0.25, -0.2) is 5.43 Å². The van der Waals surface area contributed by atoms with Gasteiger partial charge in [0.25, 0.3) is 0 Å². The maximum absolute atomic E-state index is 7.97. The van der Waals surface area contributed by atoms with Crippen molar-refractivity contribution < 1.29 is 0 Å². The minimum absolute atomic E-state index is 0.118. The molecule has 0 saturated heterocycles. The molecule has 0 aromatic rings. The standard InChI is InChI=1S/C18H33N5/c19-18(20)17-16(13-9-6-10-14-21-23-22-17)15-11-7-4-2-1-3-5-8-12-15/h11,21-23H,1-10,12-14H2,(H3,19,20)/b15-11+,17-16+. The summed E-state index contributed by atoms with van der Waals surface area (Å²) in [7, 11) is 0. The molecule has 2 rings (SSSR count). The molecule has 6 N–H and O–H groups in total. The molecule has 0 bridgehead atoms. The lowest BCUT2D eigenvalue weighted by atomic mass is 9.90. The van der Waals surface area contributed by atoms with E-state index in [1.54, 1.807) is 0 Å². The van der Waals surface area contributed by atoms with Crippen molar-refractivity contribution in [2.45, 2.75) is 77.0 Å². The lowest BCUT2D eigenvalue weighted by Crippen LogP contribution is -2.46. The molecule has 2 aliphatic rings. The lowest BCUT2D eigenvalue weighted by Gasteiger charge is -2.22. The molecule has 0 amide bonds. The minimum atomic E-state index is 0.118. The van der Waals surface area contributed by atoms with E-state index in [1.807, 2.05) is 0 Å². The van der Waals surface area contributed by atoms with Crippen LogP contribution in [0.2, 0.25) is 0 Å². The zero-order valence-corrected chi connectivity index (χ0v) is 14.3. The van der Waals surface area contributed by atoms with Crippen LogP contribution in [0.1, 0.15) is 77.0 Å². The van der Waals surface area contributed by atoms with Crippen LogP contribution in [0.5, 0.6) is 0 Å². The Hall–Kier alpha value is -1.33. The van der Waals surface area contributed by atoms with Gasteiger partial charge in [0, 0.05) is 6.54 Å². The molecular weight excluding hydrogens is 286 g/mol. The molecule has 0 fully saturated rings. The summed E-state index contributed by atoms with van der Waals surface area (Å²) in [6.07, 6.45) is 17.1. The summed E-state index contributed by atoms with van der Waals surface area (Å²) in [6.45, 7) is 0.927. The molecule has 23 heavy (non-hydrogen) atoms. The van der Waals surface area contributed by atoms with E-state index in [4.69, 9.17) is 11.1 Å². The van der Waals surface area contributed by atoms with Gasteiger partial charge in [-0.3, -0.25) is 5.41 Å². The molecule has 0 unspecified atom stereocenters. The molecule has 0 aromatic heterocycles. The predicted octanol–water partition coefficient (Wildman–Crippen LogP) is 3.41. The zero-order chi connectivity index (χ0) is 16.3. The van der Waals surface area contributed by atoms with Gasteiger partial charge in [-0.2, -0.15) is 5.53 Å². The molecule has 1 aliphatic carbocycles. The molecule has 0 saturated carbocycles. The number of amidine groups is 1. The first-order valence-electron chi connectivity index (χ1n) is 9.30. The third-order valence-electron chi connectivity index (χ3n) is 4.75. The third kappa shape index (κ3) is 6.36. The van der Waals surface area contributed by atoms with Crippen molar-refractivity contribution in [3.8, 4) is 0 Å². The van der Waals surface area contributed by atoms with Crippen LogP contribution in [0, 0.1) is 5.41 Å². The second-order valence-corrected chi connectivity index (χ2v) is 6.64. The fraction of sp³-hybridized carbons (Fsp3) is 0.722. The van der Waals surface area contributed by atoms with Gasteiger partial charge in [-0.15, -0.1) is 0 Å². The van der Waals surface area contributed by atoms with Crippen LogP contribution >= 0.6 is 0 Å². The number of allylic oxidation sites excluding steroid dienone is 3. The minimum Gasteiger partial charge on any atom is -0.382 e. The highest BCUT2D eigenvalue weighted by molar-refractivity contribution is 5.95. The smallest absolute Gasteiger partial charge is 0.140 e. The van der Waals surface area contributed by atoms with Crippen molar-refractivity contribution in [1.82, 2.24) is 16.4 Å². The quantitative estimate of drug-likeness (QED) is 0.399. The van der Waals surface area contributed by atoms with Crippen LogP contribution in [0.4, 0.5) is 0 Å². The van der Waals surface area contributed by atoms with Gasteiger partial charge in [-0.05, 0) is 56.1 Å². The van der Waals surface area contributed by atoms with E-state index in [9.17, 15) is 0 Å². The molecule has 5 heteroatoms. The van der Waals surface area contributed by atoms with Gasteiger partial charge < -0.3 is 11.2 Å². The van der Waals surface area contributed by atoms with Gasteiger partial charge in [0.1, 0.15) is 5.84 Å². The van der Waals surface area contributed by atoms with Crippen LogP contribution in [0.3, 0.4) is 0 Å². The highest BCUT2D eigenvalue weighted by Gasteiger charge is 2.15. The maximum Gasteiger partial charge on any atom is 0.140 e. The van der Waals surface area contributed by atoms with E-state index in [1.165, 1.54) is 56.1 Å². The van der Waals surface area contributed by atoms with E-state index >= 15 is 0 Å². The van der Waals surface area contributed by atoms with E-state index in [0.29, 0.717) is 0 Å². The Morgan fingerprint density at radius 2 is 1.61 bits per heavy atom. The molecule has 130 valence electrons. The molecule has 0 spiro atoms. The van der Waals surface area contributed by atoms with Gasteiger partial charge in [-0.1, -0.05) is 38.2 Å². The highest BCUT2D eigenvalue weighted by Crippen LogP contribution is 2.28. The predicted molar refractivity (Wildman–Crippen MR) is 96.7 cm³/mol. The normalized spacial score (nSPS) is 28.1. The molecule has 1 heterocycles. The van der Waals surface area contributed by atoms with E-state index in [2.05, 4.69) is 22.5 Å². The van der Waals surface area contributed by atoms with Gasteiger partial charge in [0.15, 0.2) is 0 Å². The third-order valence-corrected chi connectivity index (χ3v) is 4.75. The summed E-state index contributed by atoms with van der Waals surface area (Å²) in [4.78, 5) is 0. The zero-order valence-electron chi connectivity index (χ0n) is 14.3. The summed E-state index contributed by atoms with van der Waals surface area (Å²) in [5, 5.41) is 7.97. The van der Waals surface area contributed by atoms with Crippen molar-refractivity contribution in [3.63, 3.8) is 0 Å². The van der Waals surface area contributed by atoms with Crippen molar-refractivity contribution in [3.05, 3.63) is 22.9 Å². The van der Waals surface area contributed by atoms with Crippen molar-refractivity contribution in [1.29, 1.82) is 5.41 Å². The first-order chi connectivity index (χ1) is 11.3. The Morgan fingerprint density at radius 1 is 0.913 bits per heavy atom. The number of rotatable bonds is 2. The number of nitrogens with two attached hydrogens (primary N) is 1. The van der Waals surface area contributed by atoms with Crippen molar-refractivity contribution in [2.24, 2.45) is 5.73 Å². The van der Waals surface area contributed by atoms with Gasteiger partial charge in [0.05, 0.1) is 5.70 Å². The largest absolute Gasteiger partial charge is 0.382 e. The van der Waals surface area contributed by atoms with Crippen molar-refractivity contribution in [2.75, 3.05) is 6.54 Å². The number of nitrogens with one attached hydrogen (secondary N) is 4.